The number of esters is 1. The van der Waals surface area contributed by atoms with Crippen molar-refractivity contribution in [2.45, 2.75) is 13.5 Å². The van der Waals surface area contributed by atoms with Crippen molar-refractivity contribution in [3.05, 3.63) is 42.2 Å². The van der Waals surface area contributed by atoms with Crippen LogP contribution in [0.25, 0.3) is 0 Å². The van der Waals surface area contributed by atoms with Crippen molar-refractivity contribution < 1.29 is 14.3 Å². The van der Waals surface area contributed by atoms with Crippen LogP contribution in [0, 0.1) is 0 Å². The maximum atomic E-state index is 11.8. The van der Waals surface area contributed by atoms with Gasteiger partial charge in [0.15, 0.2) is 0 Å². The van der Waals surface area contributed by atoms with Gasteiger partial charge in [0.2, 0.25) is 0 Å². The maximum Gasteiger partial charge on any atom is 0.341 e. The highest BCUT2D eigenvalue weighted by atomic mass is 16.5. The lowest BCUT2D eigenvalue weighted by molar-refractivity contribution is 0.0521. The van der Waals surface area contributed by atoms with Crippen LogP contribution in [0.1, 0.15) is 17.3 Å². The molecule has 1 aromatic heterocycles. The van der Waals surface area contributed by atoms with Gasteiger partial charge in [0.25, 0.3) is 0 Å². The van der Waals surface area contributed by atoms with Crippen molar-refractivity contribution in [3.8, 4) is 5.75 Å². The first-order valence-corrected chi connectivity index (χ1v) is 6.37. The molecule has 2 N–H and O–H groups in total. The van der Waals surface area contributed by atoms with Crippen molar-refractivity contribution in [1.29, 1.82) is 0 Å². The Kier molecular flexibility index (Phi) is 4.60. The average molecular weight is 275 g/mol. The predicted molar refractivity (Wildman–Crippen MR) is 74.5 cm³/mol. The molecule has 6 heteroatoms. The lowest BCUT2D eigenvalue weighted by atomic mass is 10.2. The van der Waals surface area contributed by atoms with Crippen molar-refractivity contribution in [3.63, 3.8) is 0 Å². The lowest BCUT2D eigenvalue weighted by Crippen LogP contribution is -2.12. The molecule has 0 fully saturated rings. The fourth-order valence-corrected chi connectivity index (χ4v) is 1.72. The van der Waals surface area contributed by atoms with E-state index in [2.05, 4.69) is 5.10 Å². The lowest BCUT2D eigenvalue weighted by Gasteiger charge is -2.11. The number of benzene rings is 1. The molecule has 1 aromatic carbocycles. The molecule has 0 saturated carbocycles. The van der Waals surface area contributed by atoms with Crippen LogP contribution in [-0.2, 0) is 11.3 Å². The zero-order chi connectivity index (χ0) is 14.4. The molecule has 20 heavy (non-hydrogen) atoms. The van der Waals surface area contributed by atoms with E-state index in [1.54, 1.807) is 36.0 Å². The first kappa shape index (κ1) is 13.9. The summed E-state index contributed by atoms with van der Waals surface area (Å²) in [7, 11) is 0. The molecule has 0 atom stereocenters. The van der Waals surface area contributed by atoms with Crippen LogP contribution >= 0.6 is 0 Å². The fraction of sp³-hybridized carbons (Fsp3) is 0.286. The summed E-state index contributed by atoms with van der Waals surface area (Å²) < 4.78 is 12.4. The zero-order valence-electron chi connectivity index (χ0n) is 11.3. The van der Waals surface area contributed by atoms with Crippen molar-refractivity contribution in [2.75, 3.05) is 18.9 Å². The van der Waals surface area contributed by atoms with Crippen LogP contribution in [0.15, 0.2) is 36.7 Å². The molecular weight excluding hydrogens is 258 g/mol. The van der Waals surface area contributed by atoms with Crippen molar-refractivity contribution in [1.82, 2.24) is 9.78 Å². The third-order valence-corrected chi connectivity index (χ3v) is 2.64. The summed E-state index contributed by atoms with van der Waals surface area (Å²) in [5, 5.41) is 4.07. The second-order valence-corrected chi connectivity index (χ2v) is 4.09. The zero-order valence-corrected chi connectivity index (χ0v) is 11.3. The molecule has 0 unspecified atom stereocenters. The molecule has 0 saturated heterocycles. The van der Waals surface area contributed by atoms with Gasteiger partial charge in [-0.2, -0.15) is 5.10 Å². The summed E-state index contributed by atoms with van der Waals surface area (Å²) >= 11 is 0. The van der Waals surface area contributed by atoms with Crippen LogP contribution in [0.5, 0.6) is 5.75 Å². The SMILES string of the molecule is CCOC(=O)c1cc(N)ccc1OCCn1cccn1. The number of nitrogens with two attached hydrogens (primary N) is 1. The minimum absolute atomic E-state index is 0.306. The van der Waals surface area contributed by atoms with E-state index in [9.17, 15) is 4.79 Å². The number of hydrogen-bond donors (Lipinski definition) is 1. The van der Waals surface area contributed by atoms with Gasteiger partial charge in [0.05, 0.1) is 13.2 Å². The second kappa shape index (κ2) is 6.60. The van der Waals surface area contributed by atoms with Gasteiger partial charge >= 0.3 is 5.97 Å². The Morgan fingerprint density at radius 2 is 2.30 bits per heavy atom. The number of aromatic nitrogens is 2. The Morgan fingerprint density at radius 3 is 3.00 bits per heavy atom. The van der Waals surface area contributed by atoms with Gasteiger partial charge in [-0.25, -0.2) is 4.79 Å². The quantitative estimate of drug-likeness (QED) is 0.641. The van der Waals surface area contributed by atoms with Gasteiger partial charge in [-0.15, -0.1) is 0 Å². The first-order chi connectivity index (χ1) is 9.70. The molecule has 106 valence electrons. The van der Waals surface area contributed by atoms with Crippen molar-refractivity contribution in [2.24, 2.45) is 0 Å². The third kappa shape index (κ3) is 3.50. The Bertz CT molecular complexity index is 567. The summed E-state index contributed by atoms with van der Waals surface area (Å²) in [5.74, 6) is 0.0266. The molecule has 0 radical (unpaired) electrons. The van der Waals surface area contributed by atoms with Gasteiger partial charge < -0.3 is 15.2 Å². The molecule has 0 bridgehead atoms. The van der Waals surface area contributed by atoms with Gasteiger partial charge in [0.1, 0.15) is 17.9 Å². The van der Waals surface area contributed by atoms with E-state index in [1.807, 2.05) is 12.3 Å². The van der Waals surface area contributed by atoms with E-state index in [0.717, 1.165) is 0 Å². The highest BCUT2D eigenvalue weighted by Gasteiger charge is 2.14. The largest absolute Gasteiger partial charge is 0.491 e. The van der Waals surface area contributed by atoms with Gasteiger partial charge in [-0.3, -0.25) is 4.68 Å². The summed E-state index contributed by atoms with van der Waals surface area (Å²) in [5.41, 5.74) is 6.52. The number of carbonyl (C=O) groups excluding carboxylic acids is 1. The van der Waals surface area contributed by atoms with Gasteiger partial charge in [0, 0.05) is 18.1 Å². The first-order valence-electron chi connectivity index (χ1n) is 6.37. The number of nitrogen functional groups attached to an aromatic ring is 1. The monoisotopic (exact) mass is 275 g/mol. The van der Waals surface area contributed by atoms with E-state index >= 15 is 0 Å². The molecule has 0 amide bonds. The minimum atomic E-state index is -0.436. The third-order valence-electron chi connectivity index (χ3n) is 2.64. The average Bonchev–Trinajstić information content (AvgIpc) is 2.94. The predicted octanol–water partition coefficient (Wildman–Crippen LogP) is 1.72. The van der Waals surface area contributed by atoms with Crippen LogP contribution in [0.4, 0.5) is 5.69 Å². The number of nitrogens with zero attached hydrogens (tertiary/aromatic N) is 2. The fourth-order valence-electron chi connectivity index (χ4n) is 1.72. The number of hydrogen-bond acceptors (Lipinski definition) is 5. The number of carbonyl (C=O) groups is 1. The Balaban J connectivity index is 2.04. The molecule has 0 aliphatic rings. The van der Waals surface area contributed by atoms with E-state index in [4.69, 9.17) is 15.2 Å². The Hall–Kier alpha value is -2.50. The highest BCUT2D eigenvalue weighted by molar-refractivity contribution is 5.93. The molecule has 0 spiro atoms. The number of rotatable bonds is 6. The smallest absolute Gasteiger partial charge is 0.341 e. The highest BCUT2D eigenvalue weighted by Crippen LogP contribution is 2.22. The molecular formula is C14H17N3O3. The standard InChI is InChI=1S/C14H17N3O3/c1-2-19-14(18)12-10-11(15)4-5-13(12)20-9-8-17-7-3-6-16-17/h3-7,10H,2,8-9,15H2,1H3. The van der Waals surface area contributed by atoms with Crippen LogP contribution in [-0.4, -0.2) is 29.0 Å². The Labute approximate surface area is 117 Å². The number of ether oxygens (including phenoxy) is 2. The summed E-state index contributed by atoms with van der Waals surface area (Å²) in [6, 6.07) is 6.76. The normalized spacial score (nSPS) is 10.2. The number of anilines is 1. The molecule has 0 aliphatic carbocycles. The summed E-state index contributed by atoms with van der Waals surface area (Å²) in [4.78, 5) is 11.8. The molecule has 0 aliphatic heterocycles. The van der Waals surface area contributed by atoms with E-state index in [0.29, 0.717) is 36.8 Å². The van der Waals surface area contributed by atoms with E-state index < -0.39 is 5.97 Å². The topological polar surface area (TPSA) is 79.4 Å². The maximum absolute atomic E-state index is 11.8. The molecule has 2 rings (SSSR count). The van der Waals surface area contributed by atoms with Crippen LogP contribution < -0.4 is 10.5 Å². The van der Waals surface area contributed by atoms with Crippen LogP contribution in [0.3, 0.4) is 0 Å². The van der Waals surface area contributed by atoms with E-state index in [1.165, 1.54) is 0 Å². The van der Waals surface area contributed by atoms with E-state index in [-0.39, 0.29) is 0 Å². The minimum Gasteiger partial charge on any atom is -0.491 e. The summed E-state index contributed by atoms with van der Waals surface area (Å²) in [6.07, 6.45) is 3.55. The summed E-state index contributed by atoms with van der Waals surface area (Å²) in [6.45, 7) is 3.06. The Morgan fingerprint density at radius 1 is 1.45 bits per heavy atom. The second-order valence-electron chi connectivity index (χ2n) is 4.09. The molecule has 1 heterocycles. The van der Waals surface area contributed by atoms with Crippen molar-refractivity contribution >= 4 is 11.7 Å². The molecule has 2 aromatic rings. The molecule has 6 nitrogen and oxygen atoms in total. The van der Waals surface area contributed by atoms with Crippen LogP contribution in [0.2, 0.25) is 0 Å². The van der Waals surface area contributed by atoms with Gasteiger partial charge in [-0.05, 0) is 31.2 Å². The van der Waals surface area contributed by atoms with Gasteiger partial charge in [-0.1, -0.05) is 0 Å².